The van der Waals surface area contributed by atoms with Gasteiger partial charge in [0.15, 0.2) is 5.82 Å². The van der Waals surface area contributed by atoms with Crippen molar-refractivity contribution in [2.75, 3.05) is 26.2 Å². The van der Waals surface area contributed by atoms with E-state index < -0.39 is 0 Å². The average Bonchev–Trinajstić information content (AvgIpc) is 2.86. The molecule has 6 heteroatoms. The molecule has 1 amide bonds. The van der Waals surface area contributed by atoms with Crippen LogP contribution in [0.25, 0.3) is 0 Å². The van der Waals surface area contributed by atoms with E-state index >= 15 is 0 Å². The van der Waals surface area contributed by atoms with Crippen LogP contribution in [0, 0.1) is 0 Å². The first-order valence-electron chi connectivity index (χ1n) is 6.44. The summed E-state index contributed by atoms with van der Waals surface area (Å²) in [6.07, 6.45) is 0.786. The van der Waals surface area contributed by atoms with Gasteiger partial charge in [0, 0.05) is 39.5 Å². The van der Waals surface area contributed by atoms with Gasteiger partial charge >= 0.3 is 0 Å². The van der Waals surface area contributed by atoms with E-state index in [1.807, 2.05) is 11.8 Å². The zero-order valence-electron chi connectivity index (χ0n) is 11.2. The highest BCUT2D eigenvalue weighted by Gasteiger charge is 2.26. The van der Waals surface area contributed by atoms with Gasteiger partial charge in [-0.2, -0.15) is 4.98 Å². The zero-order chi connectivity index (χ0) is 13.1. The maximum atomic E-state index is 11.3. The van der Waals surface area contributed by atoms with Crippen LogP contribution in [0.4, 0.5) is 0 Å². The number of aryl methyl sites for hydroxylation is 1. The highest BCUT2D eigenvalue weighted by atomic mass is 16.5. The monoisotopic (exact) mass is 252 g/mol. The molecule has 2 heterocycles. The fourth-order valence-electron chi connectivity index (χ4n) is 2.16. The van der Waals surface area contributed by atoms with Crippen LogP contribution in [0.2, 0.25) is 0 Å². The highest BCUT2D eigenvalue weighted by Crippen LogP contribution is 2.20. The molecular weight excluding hydrogens is 232 g/mol. The maximum absolute atomic E-state index is 11.3. The summed E-state index contributed by atoms with van der Waals surface area (Å²) in [6.45, 7) is 8.93. The number of nitrogens with zero attached hydrogens (tertiary/aromatic N) is 4. The second-order valence-corrected chi connectivity index (χ2v) is 4.62. The smallest absolute Gasteiger partial charge is 0.243 e. The molecule has 18 heavy (non-hydrogen) atoms. The van der Waals surface area contributed by atoms with Gasteiger partial charge in [0.05, 0.1) is 6.04 Å². The van der Waals surface area contributed by atoms with Gasteiger partial charge < -0.3 is 9.42 Å². The van der Waals surface area contributed by atoms with Crippen LogP contribution >= 0.6 is 0 Å². The van der Waals surface area contributed by atoms with Crippen molar-refractivity contribution >= 4 is 5.91 Å². The Bertz CT molecular complexity index is 410. The summed E-state index contributed by atoms with van der Waals surface area (Å²) in [5.41, 5.74) is 0. The van der Waals surface area contributed by atoms with Crippen molar-refractivity contribution in [2.24, 2.45) is 0 Å². The van der Waals surface area contributed by atoms with Crippen molar-refractivity contribution in [3.63, 3.8) is 0 Å². The molecule has 1 saturated heterocycles. The molecule has 0 radical (unpaired) electrons. The maximum Gasteiger partial charge on any atom is 0.243 e. The molecule has 0 saturated carbocycles. The minimum atomic E-state index is 0.118. The first kappa shape index (κ1) is 13.0. The van der Waals surface area contributed by atoms with Crippen molar-refractivity contribution in [1.29, 1.82) is 0 Å². The summed E-state index contributed by atoms with van der Waals surface area (Å²) in [6, 6.07) is 0.118. The standard InChI is InChI=1S/C12H20N4O2/c1-4-11-13-12(18-14-11)9(2)15-5-7-16(8-6-15)10(3)17/h9H,4-8H2,1-3H3/t9-/m0/s1. The Morgan fingerprint density at radius 1 is 1.39 bits per heavy atom. The number of amides is 1. The second-order valence-electron chi connectivity index (χ2n) is 4.62. The minimum absolute atomic E-state index is 0.118. The van der Waals surface area contributed by atoms with Crippen LogP contribution in [0.1, 0.15) is 38.5 Å². The van der Waals surface area contributed by atoms with Gasteiger partial charge in [0.2, 0.25) is 11.8 Å². The van der Waals surface area contributed by atoms with E-state index in [4.69, 9.17) is 4.52 Å². The van der Waals surface area contributed by atoms with Gasteiger partial charge in [0.1, 0.15) is 0 Å². The fourth-order valence-corrected chi connectivity index (χ4v) is 2.16. The number of rotatable bonds is 3. The Kier molecular flexibility index (Phi) is 3.96. The van der Waals surface area contributed by atoms with Crippen LogP contribution in [0.3, 0.4) is 0 Å². The average molecular weight is 252 g/mol. The van der Waals surface area contributed by atoms with Crippen molar-refractivity contribution in [3.05, 3.63) is 11.7 Å². The molecule has 6 nitrogen and oxygen atoms in total. The number of aromatic nitrogens is 2. The van der Waals surface area contributed by atoms with Crippen molar-refractivity contribution in [1.82, 2.24) is 19.9 Å². The molecule has 1 aliphatic rings. The predicted octanol–water partition coefficient (Wildman–Crippen LogP) is 0.857. The molecule has 100 valence electrons. The van der Waals surface area contributed by atoms with Crippen LogP contribution < -0.4 is 0 Å². The number of carbonyl (C=O) groups excluding carboxylic acids is 1. The molecule has 1 aromatic heterocycles. The van der Waals surface area contributed by atoms with E-state index in [2.05, 4.69) is 22.0 Å². The molecule has 0 aliphatic carbocycles. The lowest BCUT2D eigenvalue weighted by Gasteiger charge is -2.36. The normalized spacial score (nSPS) is 18.9. The van der Waals surface area contributed by atoms with E-state index in [1.165, 1.54) is 0 Å². The summed E-state index contributed by atoms with van der Waals surface area (Å²) in [5, 5.41) is 3.92. The van der Waals surface area contributed by atoms with E-state index in [9.17, 15) is 4.79 Å². The molecule has 1 aliphatic heterocycles. The molecular formula is C12H20N4O2. The van der Waals surface area contributed by atoms with Gasteiger partial charge in [-0.25, -0.2) is 0 Å². The van der Waals surface area contributed by atoms with E-state index in [0.29, 0.717) is 5.89 Å². The lowest BCUT2D eigenvalue weighted by molar-refractivity contribution is -0.130. The molecule has 1 fully saturated rings. The Labute approximate surface area is 107 Å². The van der Waals surface area contributed by atoms with E-state index in [1.54, 1.807) is 6.92 Å². The van der Waals surface area contributed by atoms with Crippen molar-refractivity contribution in [2.45, 2.75) is 33.2 Å². The Balaban J connectivity index is 1.94. The third-order valence-electron chi connectivity index (χ3n) is 3.46. The number of hydrogen-bond donors (Lipinski definition) is 0. The van der Waals surface area contributed by atoms with Crippen LogP contribution in [-0.4, -0.2) is 52.0 Å². The van der Waals surface area contributed by atoms with Crippen LogP contribution in [-0.2, 0) is 11.2 Å². The van der Waals surface area contributed by atoms with Gasteiger partial charge in [-0.3, -0.25) is 9.69 Å². The SMILES string of the molecule is CCc1noc([C@H](C)N2CCN(C(C)=O)CC2)n1. The molecule has 0 spiro atoms. The van der Waals surface area contributed by atoms with E-state index in [-0.39, 0.29) is 11.9 Å². The molecule has 0 N–H and O–H groups in total. The van der Waals surface area contributed by atoms with Crippen LogP contribution in [0.5, 0.6) is 0 Å². The largest absolute Gasteiger partial charge is 0.340 e. The van der Waals surface area contributed by atoms with Crippen molar-refractivity contribution < 1.29 is 9.32 Å². The lowest BCUT2D eigenvalue weighted by atomic mass is 10.2. The van der Waals surface area contributed by atoms with E-state index in [0.717, 1.165) is 38.4 Å². The number of carbonyl (C=O) groups is 1. The summed E-state index contributed by atoms with van der Waals surface area (Å²) in [7, 11) is 0. The molecule has 1 aromatic rings. The first-order chi connectivity index (χ1) is 8.61. The first-order valence-corrected chi connectivity index (χ1v) is 6.44. The Morgan fingerprint density at radius 3 is 2.56 bits per heavy atom. The lowest BCUT2D eigenvalue weighted by Crippen LogP contribution is -2.48. The summed E-state index contributed by atoms with van der Waals surface area (Å²) in [5.74, 6) is 1.57. The molecule has 0 bridgehead atoms. The Hall–Kier alpha value is -1.43. The van der Waals surface area contributed by atoms with Crippen molar-refractivity contribution in [3.8, 4) is 0 Å². The number of hydrogen-bond acceptors (Lipinski definition) is 5. The second kappa shape index (κ2) is 5.48. The predicted molar refractivity (Wildman–Crippen MR) is 65.9 cm³/mol. The third-order valence-corrected chi connectivity index (χ3v) is 3.46. The molecule has 2 rings (SSSR count). The molecule has 1 atom stereocenters. The molecule has 0 aromatic carbocycles. The summed E-state index contributed by atoms with van der Waals surface area (Å²) in [4.78, 5) is 19.8. The summed E-state index contributed by atoms with van der Waals surface area (Å²) >= 11 is 0. The highest BCUT2D eigenvalue weighted by molar-refractivity contribution is 5.73. The minimum Gasteiger partial charge on any atom is -0.340 e. The number of piperazine rings is 1. The molecule has 0 unspecified atom stereocenters. The quantitative estimate of drug-likeness (QED) is 0.798. The summed E-state index contributed by atoms with van der Waals surface area (Å²) < 4.78 is 5.26. The van der Waals surface area contributed by atoms with Gasteiger partial charge in [0.25, 0.3) is 0 Å². The van der Waals surface area contributed by atoms with Gasteiger partial charge in [-0.05, 0) is 6.92 Å². The van der Waals surface area contributed by atoms with Crippen LogP contribution in [0.15, 0.2) is 4.52 Å². The third kappa shape index (κ3) is 2.69. The fraction of sp³-hybridized carbons (Fsp3) is 0.750. The topological polar surface area (TPSA) is 62.5 Å². The van der Waals surface area contributed by atoms with Gasteiger partial charge in [-0.15, -0.1) is 0 Å². The van der Waals surface area contributed by atoms with Gasteiger partial charge in [-0.1, -0.05) is 12.1 Å². The Morgan fingerprint density at radius 2 is 2.06 bits per heavy atom. The zero-order valence-corrected chi connectivity index (χ0v) is 11.2.